The number of fused-ring (bicyclic) bond motifs is 9. The fourth-order valence-electron chi connectivity index (χ4n) is 10.9. The number of phenols is 1. The summed E-state index contributed by atoms with van der Waals surface area (Å²) in [5.74, 6) is 0.200. The second-order valence-corrected chi connectivity index (χ2v) is 16.9. The number of hydrogen-bond acceptors (Lipinski definition) is 16. The number of aliphatic hydroxyl groups is 2. The van der Waals surface area contributed by atoms with E-state index >= 15 is 0 Å². The first-order chi connectivity index (χ1) is 26.9. The first-order valence-electron chi connectivity index (χ1n) is 18.9. The molecule has 2 aromatic carbocycles. The molecule has 2 aromatic rings. The van der Waals surface area contributed by atoms with Crippen molar-refractivity contribution >= 4 is 23.9 Å². The lowest BCUT2D eigenvalue weighted by Gasteiger charge is -2.66. The van der Waals surface area contributed by atoms with E-state index in [9.17, 15) is 24.9 Å². The van der Waals surface area contributed by atoms with Gasteiger partial charge in [-0.25, -0.2) is 9.59 Å². The van der Waals surface area contributed by atoms with Gasteiger partial charge in [-0.3, -0.25) is 15.1 Å². The molecule has 15 nitrogen and oxygen atoms in total. The summed E-state index contributed by atoms with van der Waals surface area (Å²) in [5.41, 5.74) is 3.15. The van der Waals surface area contributed by atoms with Gasteiger partial charge in [0.1, 0.15) is 24.7 Å². The van der Waals surface area contributed by atoms with Crippen LogP contribution in [0.3, 0.4) is 0 Å². The van der Waals surface area contributed by atoms with E-state index in [-0.39, 0.29) is 42.4 Å². The lowest BCUT2D eigenvalue weighted by atomic mass is 9.62. The molecule has 5 saturated heterocycles. The Morgan fingerprint density at radius 1 is 1.09 bits per heavy atom. The number of ether oxygens (including phenoxy) is 7. The minimum atomic E-state index is -1.37. The van der Waals surface area contributed by atoms with E-state index in [0.29, 0.717) is 42.0 Å². The molecule has 1 aliphatic carbocycles. The van der Waals surface area contributed by atoms with Gasteiger partial charge in [0.05, 0.1) is 44.7 Å². The van der Waals surface area contributed by atoms with Crippen LogP contribution in [-0.2, 0) is 42.1 Å². The van der Waals surface area contributed by atoms with Gasteiger partial charge in [-0.2, -0.15) is 11.8 Å². The third-order valence-electron chi connectivity index (χ3n) is 13.3. The molecule has 56 heavy (non-hydrogen) atoms. The van der Waals surface area contributed by atoms with E-state index in [1.165, 1.54) is 18.9 Å². The normalized spacial score (nSPS) is 35.9. The number of hydrogen-bond donors (Lipinski definition) is 4. The van der Waals surface area contributed by atoms with Crippen LogP contribution in [-0.4, -0.2) is 126 Å². The Hall–Kier alpha value is -4.03. The van der Waals surface area contributed by atoms with Crippen molar-refractivity contribution in [2.75, 3.05) is 47.0 Å². The number of aliphatic hydroxyl groups excluding tert-OH is 2. The summed E-state index contributed by atoms with van der Waals surface area (Å²) in [4.78, 5) is 31.3. The summed E-state index contributed by atoms with van der Waals surface area (Å²) in [7, 11) is 4.96. The Bertz CT molecular complexity index is 2030. The quantitative estimate of drug-likeness (QED) is 0.202. The predicted octanol–water partition coefficient (Wildman–Crippen LogP) is 2.61. The van der Waals surface area contributed by atoms with E-state index in [4.69, 9.17) is 33.2 Å². The lowest BCUT2D eigenvalue weighted by Crippen LogP contribution is -2.78. The first kappa shape index (κ1) is 37.5. The van der Waals surface area contributed by atoms with Crippen LogP contribution in [0.2, 0.25) is 0 Å². The zero-order chi connectivity index (χ0) is 39.4. The van der Waals surface area contributed by atoms with E-state index in [2.05, 4.69) is 21.7 Å². The summed E-state index contributed by atoms with van der Waals surface area (Å²) in [6, 6.07) is 3.54. The van der Waals surface area contributed by atoms with E-state index in [1.54, 1.807) is 19.2 Å². The maximum absolute atomic E-state index is 14.8. The van der Waals surface area contributed by atoms with Crippen molar-refractivity contribution in [2.24, 2.45) is 11.8 Å². The number of aryl methyl sites for hydroxylation is 1. The average molecular weight is 794 g/mol. The molecule has 16 heteroatoms. The molecule has 300 valence electrons. The van der Waals surface area contributed by atoms with Gasteiger partial charge in [-0.15, -0.1) is 0 Å². The Labute approximate surface area is 328 Å². The largest absolute Gasteiger partial charge is 0.518 e. The number of thioether (sulfide) groups is 1. The van der Waals surface area contributed by atoms with Crippen molar-refractivity contribution in [2.45, 2.75) is 80.1 Å². The van der Waals surface area contributed by atoms with Gasteiger partial charge >= 0.3 is 12.1 Å². The highest BCUT2D eigenvalue weighted by Gasteiger charge is 2.66. The fourth-order valence-corrected chi connectivity index (χ4v) is 12.8. The zero-order valence-corrected chi connectivity index (χ0v) is 32.7. The number of esters is 1. The Balaban J connectivity index is 1.21. The molecule has 7 aliphatic heterocycles. The van der Waals surface area contributed by atoms with Crippen LogP contribution in [0.5, 0.6) is 23.0 Å². The predicted molar refractivity (Wildman–Crippen MR) is 200 cm³/mol. The number of likely N-dealkylation sites (N-methyl/N-ethyl adjacent to an activating group) is 1. The highest BCUT2D eigenvalue weighted by molar-refractivity contribution is 8.00. The summed E-state index contributed by atoms with van der Waals surface area (Å²) in [5, 5.41) is 40.0. The van der Waals surface area contributed by atoms with E-state index in [1.807, 2.05) is 27.0 Å². The monoisotopic (exact) mass is 793 g/mol. The third kappa shape index (κ3) is 5.26. The average Bonchev–Trinajstić information content (AvgIpc) is 3.67. The van der Waals surface area contributed by atoms with E-state index in [0.717, 1.165) is 28.5 Å². The number of benzene rings is 2. The topological polar surface area (TPSA) is 178 Å². The van der Waals surface area contributed by atoms with Crippen LogP contribution in [0.4, 0.5) is 4.79 Å². The molecule has 0 radical (unpaired) electrons. The van der Waals surface area contributed by atoms with Gasteiger partial charge in [0.15, 0.2) is 35.3 Å². The van der Waals surface area contributed by atoms with Crippen molar-refractivity contribution in [3.05, 3.63) is 70.2 Å². The number of nitrogens with one attached hydrogen (secondary N) is 1. The number of phenolic OH excluding ortho intramolecular Hbond substituents is 1. The number of methoxy groups -OCH3 is 2. The Kier molecular flexibility index (Phi) is 9.26. The molecular weight excluding hydrogens is 747 g/mol. The molecule has 0 aromatic heterocycles. The molecule has 0 saturated carbocycles. The van der Waals surface area contributed by atoms with Crippen molar-refractivity contribution in [1.82, 2.24) is 15.1 Å². The minimum Gasteiger partial charge on any atom is -0.504 e. The van der Waals surface area contributed by atoms with Crippen molar-refractivity contribution in [3.63, 3.8) is 0 Å². The summed E-state index contributed by atoms with van der Waals surface area (Å²) >= 11 is 1.53. The zero-order valence-electron chi connectivity index (χ0n) is 31.9. The van der Waals surface area contributed by atoms with Gasteiger partial charge in [-0.1, -0.05) is 12.6 Å². The minimum absolute atomic E-state index is 0.0284. The molecule has 11 atom stereocenters. The van der Waals surface area contributed by atoms with Crippen LogP contribution < -0.4 is 19.5 Å². The number of carbonyl (C=O) groups is 2. The number of carbonyl (C=O) groups excluding carboxylic acids is 2. The lowest BCUT2D eigenvalue weighted by molar-refractivity contribution is -0.222. The molecule has 1 spiro atoms. The first-order valence-corrected chi connectivity index (χ1v) is 19.9. The fraction of sp³-hybridized carbons (Fsp3) is 0.550. The maximum Gasteiger partial charge on any atom is 0.518 e. The van der Waals surface area contributed by atoms with Crippen LogP contribution in [0.15, 0.2) is 42.4 Å². The Morgan fingerprint density at radius 3 is 2.64 bits per heavy atom. The van der Waals surface area contributed by atoms with Gasteiger partial charge in [0.25, 0.3) is 0 Å². The standard InChI is InChI=1S/C40H47N3O12S/c1-7-51-39(48)55-25-12-19-8-9-41-40(21(19)13-24(25)49-5)15-56-36-28-27(35-34(53-16-54-35)18(3)31(28)44)23(14-52-38(40)47)43-30(36)29-26-20(11-22(37(43)46)42(29)4)10-17(2)33(50-6)32(26)45/h7,10,12-13,22-23,27-31,35-37,41,44-46H,1,8-9,11,14-16H2,2-6H3/t22-,23+,27?,28?,29+,30?,31?,35?,36-,37+,40-/m1/s1. The van der Waals surface area contributed by atoms with E-state index < -0.39 is 71.3 Å². The molecule has 10 rings (SSSR count). The molecule has 5 unspecified atom stereocenters. The number of piperazine rings is 1. The van der Waals surface area contributed by atoms with Gasteiger partial charge in [-0.05, 0) is 73.7 Å². The highest BCUT2D eigenvalue weighted by atomic mass is 32.2. The number of rotatable bonds is 4. The van der Waals surface area contributed by atoms with Crippen LogP contribution in [0, 0.1) is 18.8 Å². The van der Waals surface area contributed by atoms with Crippen molar-refractivity contribution < 1.29 is 58.1 Å². The molecule has 8 aliphatic rings. The summed E-state index contributed by atoms with van der Waals surface area (Å²) < 4.78 is 40.4. The summed E-state index contributed by atoms with van der Waals surface area (Å²) in [6.07, 6.45) is -1.47. The third-order valence-corrected chi connectivity index (χ3v) is 14.9. The molecular formula is C40H47N3O12S. The SMILES string of the molecule is C=COC(=O)Oc1cc2c(cc1OC)[C@@]1(CS[C@@H]3C4C(O)C(C)=C5OCOC5C4[C@H](COC1=O)N1C3[C@@H]3c4c(cc(C)c(OC)c4O)C[C@H]([C@@H]1O)N3C)NCC2. The van der Waals surface area contributed by atoms with Crippen LogP contribution >= 0.6 is 11.8 Å². The second-order valence-electron chi connectivity index (χ2n) is 15.7. The van der Waals surface area contributed by atoms with Gasteiger partial charge in [0.2, 0.25) is 0 Å². The molecule has 4 bridgehead atoms. The van der Waals surface area contributed by atoms with Crippen LogP contribution in [0.1, 0.15) is 40.8 Å². The van der Waals surface area contributed by atoms with Crippen molar-refractivity contribution in [3.8, 4) is 23.0 Å². The second kappa shape index (κ2) is 13.8. The Morgan fingerprint density at radius 2 is 1.89 bits per heavy atom. The molecule has 5 fully saturated rings. The van der Waals surface area contributed by atoms with Crippen molar-refractivity contribution in [1.29, 1.82) is 0 Å². The van der Waals surface area contributed by atoms with Gasteiger partial charge in [0, 0.05) is 41.0 Å². The number of aromatic hydroxyl groups is 1. The maximum atomic E-state index is 14.8. The number of piperidine rings is 1. The van der Waals surface area contributed by atoms with Gasteiger partial charge < -0.3 is 48.5 Å². The van der Waals surface area contributed by atoms with Crippen LogP contribution in [0.25, 0.3) is 0 Å². The number of nitrogens with zero attached hydrogens (tertiary/aromatic N) is 2. The molecule has 4 N–H and O–H groups in total. The smallest absolute Gasteiger partial charge is 0.504 e. The highest BCUT2D eigenvalue weighted by Crippen LogP contribution is 2.60. The molecule has 7 heterocycles. The molecule has 0 amide bonds. The summed E-state index contributed by atoms with van der Waals surface area (Å²) in [6.45, 7) is 7.50.